The van der Waals surface area contributed by atoms with E-state index in [1.807, 2.05) is 20.2 Å². The molecule has 1 fully saturated rings. The third-order valence-electron chi connectivity index (χ3n) is 3.89. The highest BCUT2D eigenvalue weighted by atomic mass is 16.4. The van der Waals surface area contributed by atoms with Crippen molar-refractivity contribution in [3.63, 3.8) is 0 Å². The van der Waals surface area contributed by atoms with Crippen LogP contribution in [0.3, 0.4) is 0 Å². The number of aromatic nitrogens is 2. The highest BCUT2D eigenvalue weighted by Gasteiger charge is 2.35. The molecule has 0 amide bonds. The molecule has 1 heterocycles. The molecule has 2 rings (SSSR count). The minimum atomic E-state index is -0.811. The third-order valence-corrected chi connectivity index (χ3v) is 3.89. The van der Waals surface area contributed by atoms with Gasteiger partial charge in [0.25, 0.3) is 0 Å². The molecule has 0 aromatic carbocycles. The number of aryl methyl sites for hydroxylation is 2. The van der Waals surface area contributed by atoms with E-state index in [0.29, 0.717) is 32.2 Å². The first-order valence-electron chi connectivity index (χ1n) is 6.59. The normalized spacial score (nSPS) is 27.2. The van der Waals surface area contributed by atoms with Gasteiger partial charge < -0.3 is 15.5 Å². The van der Waals surface area contributed by atoms with Crippen molar-refractivity contribution in [1.82, 2.24) is 9.78 Å². The summed E-state index contributed by atoms with van der Waals surface area (Å²) in [5.41, 5.74) is 0.996. The number of carboxylic acid groups (broad SMARTS) is 1. The lowest BCUT2D eigenvalue weighted by atomic mass is 9.79. The first-order valence-corrected chi connectivity index (χ1v) is 6.59. The summed E-state index contributed by atoms with van der Waals surface area (Å²) in [7, 11) is 1.85. The zero-order valence-corrected chi connectivity index (χ0v) is 11.4. The van der Waals surface area contributed by atoms with Crippen LogP contribution < -0.4 is 5.32 Å². The summed E-state index contributed by atoms with van der Waals surface area (Å²) in [6.07, 6.45) is 4.01. The van der Waals surface area contributed by atoms with Crippen LogP contribution in [0.1, 0.15) is 31.4 Å². The Kier molecular flexibility index (Phi) is 3.80. The molecule has 0 atom stereocenters. The maximum Gasteiger partial charge on any atom is 0.306 e. The molecule has 1 saturated carbocycles. The van der Waals surface area contributed by atoms with Crippen molar-refractivity contribution in [1.29, 1.82) is 0 Å². The number of anilines is 1. The van der Waals surface area contributed by atoms with Crippen LogP contribution in [-0.4, -0.2) is 38.1 Å². The highest BCUT2D eigenvalue weighted by Crippen LogP contribution is 2.32. The van der Waals surface area contributed by atoms with Gasteiger partial charge in [-0.15, -0.1) is 0 Å². The van der Waals surface area contributed by atoms with Crippen LogP contribution in [0.25, 0.3) is 0 Å². The summed E-state index contributed by atoms with van der Waals surface area (Å²) in [6.45, 7) is 2.35. The minimum absolute atomic E-state index is 0.305. The van der Waals surface area contributed by atoms with Crippen molar-refractivity contribution in [3.8, 4) is 0 Å². The number of carboxylic acids is 1. The first kappa shape index (κ1) is 13.9. The molecule has 0 bridgehead atoms. The van der Waals surface area contributed by atoms with E-state index >= 15 is 0 Å². The van der Waals surface area contributed by atoms with Crippen molar-refractivity contribution < 1.29 is 15.0 Å². The van der Waals surface area contributed by atoms with Crippen LogP contribution in [0.5, 0.6) is 0 Å². The molecule has 6 heteroatoms. The second-order valence-electron chi connectivity index (χ2n) is 5.49. The first-order chi connectivity index (χ1) is 8.89. The Morgan fingerprint density at radius 2 is 2.21 bits per heavy atom. The lowest BCUT2D eigenvalue weighted by Gasteiger charge is -2.34. The van der Waals surface area contributed by atoms with Gasteiger partial charge in [0.1, 0.15) is 0 Å². The van der Waals surface area contributed by atoms with Gasteiger partial charge in [0, 0.05) is 19.8 Å². The molecule has 3 N–H and O–H groups in total. The molecule has 19 heavy (non-hydrogen) atoms. The van der Waals surface area contributed by atoms with E-state index in [2.05, 4.69) is 10.4 Å². The largest absolute Gasteiger partial charge is 0.481 e. The molecule has 0 radical (unpaired) electrons. The van der Waals surface area contributed by atoms with Gasteiger partial charge in [0.15, 0.2) is 0 Å². The predicted octanol–water partition coefficient (Wildman–Crippen LogP) is 1.15. The van der Waals surface area contributed by atoms with E-state index in [1.165, 1.54) is 0 Å². The minimum Gasteiger partial charge on any atom is -0.481 e. The Morgan fingerprint density at radius 3 is 2.68 bits per heavy atom. The maximum atomic E-state index is 10.9. The Balaban J connectivity index is 1.89. The number of aliphatic carboxylic acids is 1. The van der Waals surface area contributed by atoms with Crippen LogP contribution in [0, 0.1) is 12.8 Å². The lowest BCUT2D eigenvalue weighted by Crippen LogP contribution is -2.41. The van der Waals surface area contributed by atoms with Crippen molar-refractivity contribution >= 4 is 11.7 Å². The van der Waals surface area contributed by atoms with E-state index in [-0.39, 0.29) is 5.92 Å². The second kappa shape index (κ2) is 5.21. The standard InChI is InChI=1S/C13H21N3O3/c1-9-11(7-16(2)15-9)14-8-13(19)5-3-10(4-6-13)12(17)18/h7,10,14,19H,3-6,8H2,1-2H3,(H,17,18). The quantitative estimate of drug-likeness (QED) is 0.761. The van der Waals surface area contributed by atoms with Gasteiger partial charge in [0.2, 0.25) is 0 Å². The summed E-state index contributed by atoms with van der Waals surface area (Å²) in [5, 5.41) is 26.8. The number of aliphatic hydroxyl groups is 1. The van der Waals surface area contributed by atoms with E-state index in [1.54, 1.807) is 4.68 Å². The lowest BCUT2D eigenvalue weighted by molar-refractivity contribution is -0.144. The number of rotatable bonds is 4. The van der Waals surface area contributed by atoms with Crippen LogP contribution in [-0.2, 0) is 11.8 Å². The van der Waals surface area contributed by atoms with Gasteiger partial charge >= 0.3 is 5.97 Å². The summed E-state index contributed by atoms with van der Waals surface area (Å²) in [4.78, 5) is 10.9. The van der Waals surface area contributed by atoms with E-state index in [4.69, 9.17) is 5.11 Å². The summed E-state index contributed by atoms with van der Waals surface area (Å²) in [5.74, 6) is -1.06. The summed E-state index contributed by atoms with van der Waals surface area (Å²) < 4.78 is 1.73. The topological polar surface area (TPSA) is 87.4 Å². The van der Waals surface area contributed by atoms with Crippen molar-refractivity contribution in [3.05, 3.63) is 11.9 Å². The fourth-order valence-corrected chi connectivity index (χ4v) is 2.61. The van der Waals surface area contributed by atoms with E-state index in [0.717, 1.165) is 11.4 Å². The van der Waals surface area contributed by atoms with Gasteiger partial charge in [-0.05, 0) is 32.6 Å². The molecule has 6 nitrogen and oxygen atoms in total. The SMILES string of the molecule is Cc1nn(C)cc1NCC1(O)CCC(C(=O)O)CC1. The van der Waals surface area contributed by atoms with Gasteiger partial charge in [-0.1, -0.05) is 0 Å². The average Bonchev–Trinajstić information content (AvgIpc) is 2.66. The van der Waals surface area contributed by atoms with Crippen molar-refractivity contribution in [2.45, 2.75) is 38.2 Å². The summed E-state index contributed by atoms with van der Waals surface area (Å²) >= 11 is 0. The second-order valence-corrected chi connectivity index (χ2v) is 5.49. The van der Waals surface area contributed by atoms with Crippen LogP contribution >= 0.6 is 0 Å². The smallest absolute Gasteiger partial charge is 0.306 e. The number of nitrogens with one attached hydrogen (secondary N) is 1. The van der Waals surface area contributed by atoms with Crippen molar-refractivity contribution in [2.24, 2.45) is 13.0 Å². The number of nitrogens with zero attached hydrogens (tertiary/aromatic N) is 2. The fraction of sp³-hybridized carbons (Fsp3) is 0.692. The molecule has 106 valence electrons. The van der Waals surface area contributed by atoms with Crippen LogP contribution in [0.15, 0.2) is 6.20 Å². The number of carbonyl (C=O) groups is 1. The maximum absolute atomic E-state index is 10.9. The number of hydrogen-bond donors (Lipinski definition) is 3. The van der Waals surface area contributed by atoms with Gasteiger partial charge in [-0.2, -0.15) is 5.10 Å². The number of hydrogen-bond acceptors (Lipinski definition) is 4. The van der Waals surface area contributed by atoms with Crippen LogP contribution in [0.2, 0.25) is 0 Å². The molecule has 0 unspecified atom stereocenters. The monoisotopic (exact) mass is 267 g/mol. The Morgan fingerprint density at radius 1 is 1.58 bits per heavy atom. The third kappa shape index (κ3) is 3.26. The zero-order chi connectivity index (χ0) is 14.0. The van der Waals surface area contributed by atoms with Crippen molar-refractivity contribution in [2.75, 3.05) is 11.9 Å². The van der Waals surface area contributed by atoms with E-state index in [9.17, 15) is 9.90 Å². The van der Waals surface area contributed by atoms with Gasteiger partial charge in [-0.3, -0.25) is 9.48 Å². The molecule has 1 aromatic heterocycles. The fourth-order valence-electron chi connectivity index (χ4n) is 2.61. The Bertz CT molecular complexity index is 462. The average molecular weight is 267 g/mol. The molecule has 0 saturated heterocycles. The Hall–Kier alpha value is -1.56. The van der Waals surface area contributed by atoms with Gasteiger partial charge in [-0.25, -0.2) is 0 Å². The zero-order valence-electron chi connectivity index (χ0n) is 11.4. The summed E-state index contributed by atoms with van der Waals surface area (Å²) in [6, 6.07) is 0. The molecule has 1 aliphatic rings. The van der Waals surface area contributed by atoms with Gasteiger partial charge in [0.05, 0.1) is 22.9 Å². The molecule has 1 aromatic rings. The van der Waals surface area contributed by atoms with Crippen LogP contribution in [0.4, 0.5) is 5.69 Å². The molecular weight excluding hydrogens is 246 g/mol. The highest BCUT2D eigenvalue weighted by molar-refractivity contribution is 5.70. The predicted molar refractivity (Wildman–Crippen MR) is 71.0 cm³/mol. The molecule has 0 aliphatic heterocycles. The van der Waals surface area contributed by atoms with E-state index < -0.39 is 11.6 Å². The Labute approximate surface area is 112 Å². The molecule has 0 spiro atoms. The molecular formula is C13H21N3O3. The molecule has 1 aliphatic carbocycles.